The van der Waals surface area contributed by atoms with Crippen LogP contribution in [0.2, 0.25) is 0 Å². The average molecular weight is 922 g/mol. The highest BCUT2D eigenvalue weighted by molar-refractivity contribution is 7.81. The molecule has 4 aromatic rings. The van der Waals surface area contributed by atoms with Gasteiger partial charge in [-0.1, -0.05) is 134 Å². The molecule has 336 valence electrons. The van der Waals surface area contributed by atoms with Gasteiger partial charge in [0.2, 0.25) is 0 Å². The van der Waals surface area contributed by atoms with Crippen molar-refractivity contribution >= 4 is 52.8 Å². The van der Waals surface area contributed by atoms with Gasteiger partial charge in [0.25, 0.3) is 5.60 Å². The lowest BCUT2D eigenvalue weighted by molar-refractivity contribution is -0.249. The lowest BCUT2D eigenvalue weighted by Gasteiger charge is -2.43. The molecule has 2 aromatic carbocycles. The van der Waals surface area contributed by atoms with Crippen molar-refractivity contribution in [3.8, 4) is 38.4 Å². The van der Waals surface area contributed by atoms with Gasteiger partial charge >= 0.3 is 6.18 Å². The summed E-state index contributed by atoms with van der Waals surface area (Å²) in [6.45, 7) is 8.79. The minimum Gasteiger partial charge on any atom is -0.465 e. The molecule has 2 unspecified atom stereocenters. The van der Waals surface area contributed by atoms with Crippen LogP contribution < -0.4 is 9.80 Å². The Morgan fingerprint density at radius 3 is 1.98 bits per heavy atom. The molecule has 0 aliphatic carbocycles. The molecule has 0 fully saturated rings. The third kappa shape index (κ3) is 9.98. The monoisotopic (exact) mass is 921 g/mol. The van der Waals surface area contributed by atoms with E-state index in [9.17, 15) is 15.8 Å². The van der Waals surface area contributed by atoms with Gasteiger partial charge < -0.3 is 14.5 Å². The number of allylic oxidation sites excluding steroid dienone is 2. The van der Waals surface area contributed by atoms with Crippen LogP contribution in [0.1, 0.15) is 127 Å². The van der Waals surface area contributed by atoms with Crippen LogP contribution >= 0.6 is 35.3 Å². The number of fused-ring (bicyclic) bond motifs is 3. The molecule has 6 nitrogen and oxygen atoms in total. The molecule has 0 spiro atoms. The number of hydrogen-bond acceptors (Lipinski definition) is 9. The number of nitriles is 3. The molecule has 2 aliphatic rings. The Bertz CT molecular complexity index is 2430. The summed E-state index contributed by atoms with van der Waals surface area (Å²) < 4.78 is 52.2. The molecule has 0 saturated heterocycles. The summed E-state index contributed by atoms with van der Waals surface area (Å²) in [5.41, 5.74) is -0.735. The largest absolute Gasteiger partial charge is 0.465 e. The number of rotatable bonds is 21. The maximum absolute atomic E-state index is 15.5. The van der Waals surface area contributed by atoms with Crippen LogP contribution in [-0.4, -0.2) is 26.3 Å². The summed E-state index contributed by atoms with van der Waals surface area (Å²) in [6.07, 6.45) is 14.0. The van der Waals surface area contributed by atoms with Crippen molar-refractivity contribution in [1.82, 2.24) is 0 Å². The molecule has 2 aliphatic heterocycles. The van der Waals surface area contributed by atoms with Crippen molar-refractivity contribution in [3.63, 3.8) is 0 Å². The van der Waals surface area contributed by atoms with Crippen molar-refractivity contribution in [2.24, 2.45) is 0 Å². The van der Waals surface area contributed by atoms with Crippen LogP contribution in [0.15, 0.2) is 95.3 Å². The van der Waals surface area contributed by atoms with Gasteiger partial charge in [-0.3, -0.25) is 0 Å². The predicted molar refractivity (Wildman–Crippen MR) is 261 cm³/mol. The number of anilines is 2. The lowest BCUT2D eigenvalue weighted by Crippen LogP contribution is -2.43. The molecule has 6 rings (SSSR count). The van der Waals surface area contributed by atoms with Gasteiger partial charge in [0.1, 0.15) is 28.7 Å². The van der Waals surface area contributed by atoms with Crippen LogP contribution in [0.4, 0.5) is 24.5 Å². The number of benzene rings is 2. The molecule has 4 heterocycles. The van der Waals surface area contributed by atoms with Crippen LogP contribution in [0, 0.1) is 34.0 Å². The smallest absolute Gasteiger partial charge is 0.437 e. The normalized spacial score (nSPS) is 18.1. The van der Waals surface area contributed by atoms with Crippen LogP contribution in [0.5, 0.6) is 0 Å². The van der Waals surface area contributed by atoms with E-state index in [0.717, 1.165) is 76.6 Å². The van der Waals surface area contributed by atoms with Crippen LogP contribution in [-0.2, 0) is 15.2 Å². The Morgan fingerprint density at radius 1 is 0.781 bits per heavy atom. The topological polar surface area (TPSA) is 87.1 Å². The van der Waals surface area contributed by atoms with Crippen molar-refractivity contribution in [2.75, 3.05) is 29.9 Å². The molecular formula is C52H58F3N5OS3. The molecule has 0 bridgehead atoms. The van der Waals surface area contributed by atoms with E-state index in [1.54, 1.807) is 35.6 Å². The summed E-state index contributed by atoms with van der Waals surface area (Å²) in [4.78, 5) is 7.96. The summed E-state index contributed by atoms with van der Waals surface area (Å²) in [5, 5.41) is 29.7. The molecule has 12 heteroatoms. The summed E-state index contributed by atoms with van der Waals surface area (Å²) in [6, 6.07) is 25.3. The van der Waals surface area contributed by atoms with Gasteiger partial charge in [-0.25, -0.2) is 0 Å². The maximum atomic E-state index is 15.5. The highest BCUT2D eigenvalue weighted by Gasteiger charge is 2.65. The highest BCUT2D eigenvalue weighted by atomic mass is 32.1. The summed E-state index contributed by atoms with van der Waals surface area (Å²) >= 11 is 8.66. The molecule has 2 atom stereocenters. The van der Waals surface area contributed by atoms with Crippen molar-refractivity contribution in [2.45, 2.75) is 127 Å². The van der Waals surface area contributed by atoms with E-state index < -0.39 is 39.1 Å². The Hall–Kier alpha value is -4.93. The molecule has 0 N–H and O–H groups in total. The van der Waals surface area contributed by atoms with Gasteiger partial charge in [-0.15, -0.1) is 35.3 Å². The van der Waals surface area contributed by atoms with Gasteiger partial charge in [0.15, 0.2) is 11.3 Å². The van der Waals surface area contributed by atoms with Gasteiger partial charge in [0.05, 0.1) is 15.4 Å². The molecule has 2 aromatic heterocycles. The number of unbranched alkanes of at least 4 members (excludes halogenated alkanes) is 10. The van der Waals surface area contributed by atoms with Gasteiger partial charge in [0, 0.05) is 52.3 Å². The van der Waals surface area contributed by atoms with Crippen LogP contribution in [0.25, 0.3) is 26.3 Å². The number of alkyl halides is 3. The van der Waals surface area contributed by atoms with Crippen molar-refractivity contribution < 1.29 is 17.9 Å². The number of ether oxygens (including phenoxy) is 1. The Morgan fingerprint density at radius 2 is 1.39 bits per heavy atom. The zero-order valence-corrected chi connectivity index (χ0v) is 39.9. The standard InChI is InChI=1S/C52H58F3N5OS3/c1-5-8-11-14-20-31-60(30-19-13-10-7-3)40-25-23-37(24-26-40)46-33-44-48(64-46)49-45(59(4)50(44,62)29-18-12-9-6-2)32-41(63-49)27-28-43-42(36-58)47(38(34-56)35-57)61-51(43,52(53,54)55)39-21-16-15-17-22-39/h15-17,21-28,32-33,62H,5-14,18-20,29-31H2,1-4H3/b28-27+. The second-order valence-electron chi connectivity index (χ2n) is 16.7. The van der Waals surface area contributed by atoms with Crippen molar-refractivity contribution in [3.05, 3.63) is 111 Å². The molecule has 0 amide bonds. The van der Waals surface area contributed by atoms with E-state index in [2.05, 4.69) is 60.9 Å². The predicted octanol–water partition coefficient (Wildman–Crippen LogP) is 15.6. The fourth-order valence-corrected chi connectivity index (χ4v) is 11.8. The molecular weight excluding hydrogens is 864 g/mol. The number of thiol groups is 1. The van der Waals surface area contributed by atoms with E-state index in [1.807, 2.05) is 19.2 Å². The van der Waals surface area contributed by atoms with E-state index >= 15 is 13.2 Å². The third-order valence-electron chi connectivity index (χ3n) is 12.4. The first-order valence-electron chi connectivity index (χ1n) is 22.7. The SMILES string of the molecule is CCCCCCCN(CCCCCC)c1ccc(-c2cc3c(s2)-c2sc(/C=C/C4=C(C#N)C(=C(C#N)C#N)OC4(c4ccccc4)C(F)(F)F)cc2N(C)C3(S)CCCCCC)cc1. The fourth-order valence-electron chi connectivity index (χ4n) is 8.81. The van der Waals surface area contributed by atoms with Crippen LogP contribution in [0.3, 0.4) is 0 Å². The third-order valence-corrected chi connectivity index (χ3v) is 15.6. The Balaban J connectivity index is 1.40. The first kappa shape index (κ1) is 48.5. The molecule has 0 radical (unpaired) electrons. The minimum absolute atomic E-state index is 0.279. The minimum atomic E-state index is -5.08. The maximum Gasteiger partial charge on any atom is 0.437 e. The number of thiophene rings is 2. The first-order chi connectivity index (χ1) is 30.9. The number of hydrogen-bond donors (Lipinski definition) is 1. The lowest BCUT2D eigenvalue weighted by atomic mass is 9.84. The zero-order chi connectivity index (χ0) is 45.9. The van der Waals surface area contributed by atoms with E-state index in [4.69, 9.17) is 17.4 Å². The second-order valence-corrected chi connectivity index (χ2v) is 19.6. The Labute approximate surface area is 391 Å². The van der Waals surface area contributed by atoms with E-state index in [0.29, 0.717) is 4.88 Å². The quantitative estimate of drug-likeness (QED) is 0.0509. The van der Waals surface area contributed by atoms with Gasteiger partial charge in [-0.05, 0) is 61.6 Å². The fraction of sp³-hybridized carbons (Fsp3) is 0.442. The molecule has 64 heavy (non-hydrogen) atoms. The average Bonchev–Trinajstić information content (AvgIpc) is 4.03. The zero-order valence-electron chi connectivity index (χ0n) is 37.4. The summed E-state index contributed by atoms with van der Waals surface area (Å²) in [5.74, 6) is -0.688. The molecule has 0 saturated carbocycles. The first-order valence-corrected chi connectivity index (χ1v) is 24.8. The highest BCUT2D eigenvalue weighted by Crippen LogP contribution is 2.59. The van der Waals surface area contributed by atoms with E-state index in [1.165, 1.54) is 105 Å². The number of nitrogens with zero attached hydrogens (tertiary/aromatic N) is 5. The Kier molecular flexibility index (Phi) is 16.6. The summed E-state index contributed by atoms with van der Waals surface area (Å²) in [7, 11) is 2.03. The number of halogens is 3. The van der Waals surface area contributed by atoms with Gasteiger partial charge in [-0.2, -0.15) is 29.0 Å². The van der Waals surface area contributed by atoms with E-state index in [-0.39, 0.29) is 5.56 Å². The van der Waals surface area contributed by atoms with Crippen molar-refractivity contribution in [1.29, 1.82) is 15.8 Å². The second kappa shape index (κ2) is 21.8.